The zero-order valence-corrected chi connectivity index (χ0v) is 35.9. The van der Waals surface area contributed by atoms with Gasteiger partial charge in [0, 0.05) is 52.4 Å². The third-order valence-electron chi connectivity index (χ3n) is 9.70. The van der Waals surface area contributed by atoms with Crippen LogP contribution in [0.5, 0.6) is 5.75 Å². The molecule has 0 spiro atoms. The molecule has 16 heteroatoms. The number of halogens is 2. The van der Waals surface area contributed by atoms with Crippen LogP contribution in [0.15, 0.2) is 141 Å². The number of carbonyl (C=O) groups is 4. The molecule has 6 heterocycles. The van der Waals surface area contributed by atoms with Crippen molar-refractivity contribution in [1.82, 2.24) is 0 Å². The van der Waals surface area contributed by atoms with Crippen molar-refractivity contribution < 1.29 is 46.3 Å². The van der Waals surface area contributed by atoms with Crippen molar-refractivity contribution in [3.63, 3.8) is 0 Å². The van der Waals surface area contributed by atoms with E-state index in [9.17, 15) is 19.2 Å². The average molecular weight is 977 g/mol. The maximum absolute atomic E-state index is 14.5. The van der Waals surface area contributed by atoms with Crippen LogP contribution in [-0.2, 0) is 4.74 Å². The van der Waals surface area contributed by atoms with Crippen molar-refractivity contribution >= 4 is 132 Å². The van der Waals surface area contributed by atoms with Gasteiger partial charge in [0.25, 0.3) is 11.8 Å². The minimum Gasteiger partial charge on any atom is -0.493 e. The van der Waals surface area contributed by atoms with Gasteiger partial charge >= 0.3 is 11.9 Å². The second-order valence-corrected chi connectivity index (χ2v) is 17.1. The second kappa shape index (κ2) is 15.4. The maximum atomic E-state index is 14.5. The molecule has 4 aromatic carbocycles. The Morgan fingerprint density at radius 1 is 0.557 bits per heavy atom. The molecule has 0 atom stereocenters. The number of amides is 2. The number of rotatable bonds is 9. The highest BCUT2D eigenvalue weighted by Crippen LogP contribution is 2.43. The lowest BCUT2D eigenvalue weighted by Gasteiger charge is -2.09. The number of furan rings is 4. The van der Waals surface area contributed by atoms with Crippen LogP contribution < -0.4 is 15.4 Å². The van der Waals surface area contributed by atoms with E-state index in [0.717, 1.165) is 37.0 Å². The summed E-state index contributed by atoms with van der Waals surface area (Å²) in [7, 11) is 1.50. The molecule has 61 heavy (non-hydrogen) atoms. The summed E-state index contributed by atoms with van der Waals surface area (Å²) in [6.45, 7) is 0. The number of esters is 2. The summed E-state index contributed by atoms with van der Waals surface area (Å²) in [4.78, 5) is 56.4. The molecule has 0 unspecified atom stereocenters. The van der Waals surface area contributed by atoms with Gasteiger partial charge in [-0.25, -0.2) is 9.59 Å². The van der Waals surface area contributed by atoms with Crippen LogP contribution in [0.1, 0.15) is 41.8 Å². The topological polar surface area (TPSA) is 163 Å². The van der Waals surface area contributed by atoms with Gasteiger partial charge in [0.2, 0.25) is 0 Å². The smallest absolute Gasteiger partial charge is 0.349 e. The fraction of sp³-hybridized carbons (Fsp3) is 0.0222. The molecule has 0 saturated carbocycles. The molecular formula is C45H24Br2N2O10S2. The number of thiophene rings is 2. The molecule has 12 nitrogen and oxygen atoms in total. The fourth-order valence-electron chi connectivity index (χ4n) is 6.89. The summed E-state index contributed by atoms with van der Waals surface area (Å²) in [6, 6.07) is 29.9. The van der Waals surface area contributed by atoms with E-state index in [1.165, 1.54) is 7.11 Å². The molecule has 2 N–H and O–H groups in total. The first-order valence-electron chi connectivity index (χ1n) is 18.2. The molecule has 10 rings (SSSR count). The number of nitrogens with one attached hydrogen (secondary N) is 2. The molecule has 10 aromatic rings. The number of benzene rings is 4. The van der Waals surface area contributed by atoms with Crippen LogP contribution in [0.4, 0.5) is 10.0 Å². The van der Waals surface area contributed by atoms with E-state index in [0.29, 0.717) is 44.2 Å². The van der Waals surface area contributed by atoms with Crippen molar-refractivity contribution in [3.05, 3.63) is 145 Å². The summed E-state index contributed by atoms with van der Waals surface area (Å²) < 4.78 is 36.8. The first-order chi connectivity index (χ1) is 29.6. The van der Waals surface area contributed by atoms with E-state index in [-0.39, 0.29) is 55.3 Å². The summed E-state index contributed by atoms with van der Waals surface area (Å²) >= 11 is 9.02. The van der Waals surface area contributed by atoms with Gasteiger partial charge in [0.1, 0.15) is 49.4 Å². The van der Waals surface area contributed by atoms with Gasteiger partial charge in [-0.15, -0.1) is 22.7 Å². The van der Waals surface area contributed by atoms with Crippen molar-refractivity contribution in [2.75, 3.05) is 17.7 Å². The minimum atomic E-state index is -1.12. The van der Waals surface area contributed by atoms with Gasteiger partial charge < -0.3 is 37.8 Å². The lowest BCUT2D eigenvalue weighted by Crippen LogP contribution is -2.18. The first-order valence-corrected chi connectivity index (χ1v) is 21.5. The van der Waals surface area contributed by atoms with Crippen LogP contribution in [0.3, 0.4) is 0 Å². The molecule has 0 saturated heterocycles. The van der Waals surface area contributed by atoms with Crippen molar-refractivity contribution in [2.45, 2.75) is 0 Å². The van der Waals surface area contributed by atoms with Crippen molar-refractivity contribution in [1.29, 1.82) is 0 Å². The molecule has 0 bridgehead atoms. The Morgan fingerprint density at radius 3 is 1.66 bits per heavy atom. The van der Waals surface area contributed by atoms with E-state index < -0.39 is 23.8 Å². The van der Waals surface area contributed by atoms with Gasteiger partial charge in [-0.3, -0.25) is 9.59 Å². The van der Waals surface area contributed by atoms with Gasteiger partial charge in [-0.05, 0) is 66.7 Å². The average Bonchev–Trinajstić information content (AvgIpc) is 4.11. The van der Waals surface area contributed by atoms with Crippen LogP contribution in [-0.4, -0.2) is 30.9 Å². The maximum Gasteiger partial charge on any atom is 0.349 e. The van der Waals surface area contributed by atoms with E-state index in [4.69, 9.17) is 27.1 Å². The Hall–Kier alpha value is -6.72. The van der Waals surface area contributed by atoms with Crippen LogP contribution in [0.2, 0.25) is 0 Å². The Kier molecular flexibility index (Phi) is 9.71. The lowest BCUT2D eigenvalue weighted by molar-refractivity contribution is 0.0400. The molecule has 0 fully saturated rings. The van der Waals surface area contributed by atoms with Crippen LogP contribution in [0, 0.1) is 0 Å². The molecule has 300 valence electrons. The third kappa shape index (κ3) is 7.12. The lowest BCUT2D eigenvalue weighted by atomic mass is 10.1. The van der Waals surface area contributed by atoms with E-state index in [2.05, 4.69) is 42.5 Å². The Bertz CT molecular complexity index is 3350. The molecule has 0 radical (unpaired) electrons. The van der Waals surface area contributed by atoms with Crippen molar-refractivity contribution in [2.24, 2.45) is 0 Å². The zero-order valence-electron chi connectivity index (χ0n) is 31.1. The zero-order chi connectivity index (χ0) is 41.9. The summed E-state index contributed by atoms with van der Waals surface area (Å²) in [5, 5.41) is 11.7. The number of carbonyl (C=O) groups excluding carboxylic acids is 4. The first kappa shape index (κ1) is 38.5. The molecule has 0 aliphatic rings. The summed E-state index contributed by atoms with van der Waals surface area (Å²) in [5.74, 6) is -2.56. The Labute approximate surface area is 367 Å². The number of anilines is 2. The highest BCUT2D eigenvalue weighted by atomic mass is 79.9. The number of para-hydroxylation sites is 2. The fourth-order valence-corrected chi connectivity index (χ4v) is 9.59. The van der Waals surface area contributed by atoms with Gasteiger partial charge in [0.05, 0.1) is 7.11 Å². The van der Waals surface area contributed by atoms with Crippen LogP contribution in [0.25, 0.3) is 66.5 Å². The molecule has 0 aliphatic carbocycles. The molecular weight excluding hydrogens is 952 g/mol. The third-order valence-corrected chi connectivity index (χ3v) is 12.4. The molecule has 0 aliphatic heterocycles. The number of fused-ring (bicyclic) bond motifs is 4. The van der Waals surface area contributed by atoms with Gasteiger partial charge in [-0.2, -0.15) is 0 Å². The second-order valence-electron chi connectivity index (χ2n) is 13.5. The quantitative estimate of drug-likeness (QED) is 0.105. The summed E-state index contributed by atoms with van der Waals surface area (Å²) in [6.07, 6.45) is 0. The molecule has 6 aromatic heterocycles. The SMILES string of the molecule is COc1cc(Br)cc2cc(-c3csc(NC(=O)c4cc5ccccc5o4)c3C(=O)OC(=O)c3c(-c4cc5cc(Br)ccc5o4)csc3NC(=O)c3cc4ccccc4o3)oc12. The predicted molar refractivity (Wildman–Crippen MR) is 239 cm³/mol. The Morgan fingerprint density at radius 2 is 1.08 bits per heavy atom. The number of hydrogen-bond acceptors (Lipinski definition) is 12. The molecule has 2 amide bonds. The van der Waals surface area contributed by atoms with Crippen LogP contribution >= 0.6 is 54.5 Å². The monoisotopic (exact) mass is 974 g/mol. The van der Waals surface area contributed by atoms with Crippen molar-refractivity contribution in [3.8, 4) is 28.4 Å². The van der Waals surface area contributed by atoms with Gasteiger partial charge in [-0.1, -0.05) is 68.3 Å². The highest BCUT2D eigenvalue weighted by Gasteiger charge is 2.32. The number of methoxy groups -OCH3 is 1. The van der Waals surface area contributed by atoms with E-state index in [1.54, 1.807) is 83.6 Å². The highest BCUT2D eigenvalue weighted by molar-refractivity contribution is 9.10. The standard InChI is InChI=1S/C45H24Br2N2O10S2/c1-54-34-18-26(47)13-24-17-33(58-39(24)34)28-20-61-43(49-41(51)36-15-22-7-3-5-9-30(22)57-36)38(28)45(53)59-44(52)37-27(32-16-23-12-25(46)10-11-31(23)55-32)19-60-42(37)48-40(50)35-14-21-6-2-4-8-29(21)56-35/h2-20H,1H3,(H,48,50)(H,49,51). The normalized spacial score (nSPS) is 11.5. The van der Waals surface area contributed by atoms with Gasteiger partial charge in [0.15, 0.2) is 22.9 Å². The minimum absolute atomic E-state index is 0.00220. The number of ether oxygens (including phenoxy) is 2. The predicted octanol–water partition coefficient (Wildman–Crippen LogP) is 13.2. The van der Waals surface area contributed by atoms with E-state index in [1.807, 2.05) is 30.3 Å². The number of hydrogen-bond donors (Lipinski definition) is 2. The largest absolute Gasteiger partial charge is 0.493 e. The Balaban J connectivity index is 1.04. The van der Waals surface area contributed by atoms with E-state index >= 15 is 0 Å². The summed E-state index contributed by atoms with van der Waals surface area (Å²) in [5.41, 5.74) is 2.11.